The van der Waals surface area contributed by atoms with Crippen LogP contribution in [0, 0.1) is 11.8 Å². The third-order valence-corrected chi connectivity index (χ3v) is 3.53. The minimum absolute atomic E-state index is 0.794. The van der Waals surface area contributed by atoms with Gasteiger partial charge in [0.2, 0.25) is 0 Å². The maximum absolute atomic E-state index is 5.45. The predicted molar refractivity (Wildman–Crippen MR) is 46.9 cm³/mol. The van der Waals surface area contributed by atoms with Crippen molar-refractivity contribution in [2.45, 2.75) is 31.6 Å². The third kappa shape index (κ3) is 0.855. The van der Waals surface area contributed by atoms with Crippen molar-refractivity contribution in [1.82, 2.24) is 0 Å². The molecular weight excluding hydrogens is 148 g/mol. The van der Waals surface area contributed by atoms with E-state index in [1.807, 2.05) is 6.07 Å². The highest BCUT2D eigenvalue weighted by Crippen LogP contribution is 2.61. The lowest BCUT2D eigenvalue weighted by Crippen LogP contribution is -1.91. The molecule has 1 aromatic rings. The highest BCUT2D eigenvalue weighted by Gasteiger charge is 2.52. The van der Waals surface area contributed by atoms with Gasteiger partial charge < -0.3 is 4.42 Å². The summed E-state index contributed by atoms with van der Waals surface area (Å²) in [6, 6.07) is 4.16. The van der Waals surface area contributed by atoms with Gasteiger partial charge >= 0.3 is 0 Å². The second-order valence-electron chi connectivity index (χ2n) is 4.15. The molecule has 3 rings (SSSR count). The summed E-state index contributed by atoms with van der Waals surface area (Å²) in [6.45, 7) is 0. The normalized spacial score (nSPS) is 39.2. The third-order valence-electron chi connectivity index (χ3n) is 3.53. The maximum atomic E-state index is 5.45. The molecule has 1 heterocycles. The van der Waals surface area contributed by atoms with Gasteiger partial charge in [0.25, 0.3) is 0 Å². The van der Waals surface area contributed by atoms with E-state index in [2.05, 4.69) is 6.07 Å². The van der Waals surface area contributed by atoms with E-state index in [1.54, 1.807) is 6.26 Å². The van der Waals surface area contributed by atoms with Crippen molar-refractivity contribution in [1.29, 1.82) is 0 Å². The van der Waals surface area contributed by atoms with Gasteiger partial charge in [-0.2, -0.15) is 0 Å². The Labute approximate surface area is 72.8 Å². The molecule has 0 spiro atoms. The molecule has 1 unspecified atom stereocenters. The lowest BCUT2D eigenvalue weighted by molar-refractivity contribution is 0.480. The molecule has 64 valence electrons. The highest BCUT2D eigenvalue weighted by molar-refractivity contribution is 5.20. The molecule has 1 aromatic heterocycles. The van der Waals surface area contributed by atoms with Crippen LogP contribution in [-0.4, -0.2) is 0 Å². The average molecular weight is 162 g/mol. The Kier molecular flexibility index (Phi) is 1.34. The van der Waals surface area contributed by atoms with Gasteiger partial charge in [-0.1, -0.05) is 12.8 Å². The Hall–Kier alpha value is -0.720. The molecule has 12 heavy (non-hydrogen) atoms. The number of furan rings is 1. The zero-order chi connectivity index (χ0) is 7.97. The van der Waals surface area contributed by atoms with Gasteiger partial charge in [0.05, 0.1) is 6.26 Å². The van der Waals surface area contributed by atoms with E-state index < -0.39 is 0 Å². The van der Waals surface area contributed by atoms with Crippen molar-refractivity contribution in [3.63, 3.8) is 0 Å². The zero-order valence-corrected chi connectivity index (χ0v) is 7.20. The van der Waals surface area contributed by atoms with E-state index in [-0.39, 0.29) is 0 Å². The van der Waals surface area contributed by atoms with Crippen molar-refractivity contribution < 1.29 is 4.42 Å². The highest BCUT2D eigenvalue weighted by atomic mass is 16.3. The summed E-state index contributed by atoms with van der Waals surface area (Å²) in [5.74, 6) is 3.99. The van der Waals surface area contributed by atoms with Gasteiger partial charge in [0.1, 0.15) is 5.76 Å². The van der Waals surface area contributed by atoms with Crippen LogP contribution in [0.4, 0.5) is 0 Å². The lowest BCUT2D eigenvalue weighted by Gasteiger charge is -2.04. The smallest absolute Gasteiger partial charge is 0.107 e. The molecule has 0 saturated heterocycles. The molecule has 2 aliphatic rings. The van der Waals surface area contributed by atoms with Crippen LogP contribution in [0.3, 0.4) is 0 Å². The van der Waals surface area contributed by atoms with Crippen LogP contribution < -0.4 is 0 Å². The first-order valence-electron chi connectivity index (χ1n) is 5.00. The number of rotatable bonds is 1. The first-order valence-corrected chi connectivity index (χ1v) is 5.00. The van der Waals surface area contributed by atoms with E-state index in [0.29, 0.717) is 0 Å². The summed E-state index contributed by atoms with van der Waals surface area (Å²) in [5, 5.41) is 0. The fourth-order valence-corrected chi connectivity index (χ4v) is 2.90. The molecule has 0 radical (unpaired) electrons. The van der Waals surface area contributed by atoms with Crippen LogP contribution in [0.25, 0.3) is 0 Å². The van der Waals surface area contributed by atoms with Crippen LogP contribution >= 0.6 is 0 Å². The SMILES string of the molecule is c1coc(C2[C@H]3CCCC[C@@H]23)c1. The van der Waals surface area contributed by atoms with Crippen LogP contribution in [-0.2, 0) is 0 Å². The Bertz CT molecular complexity index is 251. The van der Waals surface area contributed by atoms with E-state index in [9.17, 15) is 0 Å². The van der Waals surface area contributed by atoms with E-state index in [1.165, 1.54) is 31.4 Å². The van der Waals surface area contributed by atoms with Gasteiger partial charge in [-0.3, -0.25) is 0 Å². The minimum atomic E-state index is 0.794. The van der Waals surface area contributed by atoms with Gasteiger partial charge in [0, 0.05) is 5.92 Å². The molecule has 2 aliphatic carbocycles. The van der Waals surface area contributed by atoms with Crippen molar-refractivity contribution in [2.24, 2.45) is 11.8 Å². The summed E-state index contributed by atoms with van der Waals surface area (Å²) in [4.78, 5) is 0. The topological polar surface area (TPSA) is 13.1 Å². The molecule has 2 saturated carbocycles. The zero-order valence-electron chi connectivity index (χ0n) is 7.20. The Morgan fingerprint density at radius 3 is 2.50 bits per heavy atom. The van der Waals surface area contributed by atoms with Crippen molar-refractivity contribution in [3.05, 3.63) is 24.2 Å². The maximum Gasteiger partial charge on any atom is 0.107 e. The summed E-state index contributed by atoms with van der Waals surface area (Å²) in [6.07, 6.45) is 7.57. The molecule has 0 aliphatic heterocycles. The Balaban J connectivity index is 1.81. The average Bonchev–Trinajstić information content (AvgIpc) is 2.58. The Morgan fingerprint density at radius 1 is 1.17 bits per heavy atom. The number of fused-ring (bicyclic) bond motifs is 1. The molecule has 0 bridgehead atoms. The van der Waals surface area contributed by atoms with Gasteiger partial charge in [-0.15, -0.1) is 0 Å². The minimum Gasteiger partial charge on any atom is -0.469 e. The van der Waals surface area contributed by atoms with Gasteiger partial charge in [-0.05, 0) is 36.8 Å². The number of hydrogen-bond donors (Lipinski definition) is 0. The summed E-state index contributed by atoms with van der Waals surface area (Å²) < 4.78 is 5.45. The second-order valence-corrected chi connectivity index (χ2v) is 4.15. The van der Waals surface area contributed by atoms with Crippen LogP contribution in [0.1, 0.15) is 37.4 Å². The first kappa shape index (κ1) is 6.76. The largest absolute Gasteiger partial charge is 0.469 e. The molecule has 0 aromatic carbocycles. The van der Waals surface area contributed by atoms with Gasteiger partial charge in [-0.25, -0.2) is 0 Å². The molecule has 0 amide bonds. The van der Waals surface area contributed by atoms with Crippen molar-refractivity contribution in [3.8, 4) is 0 Å². The Morgan fingerprint density at radius 2 is 1.92 bits per heavy atom. The van der Waals surface area contributed by atoms with E-state index in [4.69, 9.17) is 4.42 Å². The fraction of sp³-hybridized carbons (Fsp3) is 0.636. The quantitative estimate of drug-likeness (QED) is 0.618. The molecule has 3 atom stereocenters. The molecule has 1 heteroatoms. The molecule has 1 nitrogen and oxygen atoms in total. The van der Waals surface area contributed by atoms with E-state index >= 15 is 0 Å². The summed E-state index contributed by atoms with van der Waals surface area (Å²) >= 11 is 0. The van der Waals surface area contributed by atoms with Crippen molar-refractivity contribution >= 4 is 0 Å². The summed E-state index contributed by atoms with van der Waals surface area (Å²) in [5.41, 5.74) is 0. The van der Waals surface area contributed by atoms with Crippen molar-refractivity contribution in [2.75, 3.05) is 0 Å². The molecular formula is C11H14O. The second kappa shape index (κ2) is 2.38. The number of hydrogen-bond acceptors (Lipinski definition) is 1. The molecule has 0 N–H and O–H groups in total. The first-order chi connectivity index (χ1) is 5.97. The van der Waals surface area contributed by atoms with Crippen LogP contribution in [0.5, 0.6) is 0 Å². The summed E-state index contributed by atoms with van der Waals surface area (Å²) in [7, 11) is 0. The van der Waals surface area contributed by atoms with Gasteiger partial charge in [0.15, 0.2) is 0 Å². The van der Waals surface area contributed by atoms with Crippen LogP contribution in [0.15, 0.2) is 22.8 Å². The van der Waals surface area contributed by atoms with Crippen LogP contribution in [0.2, 0.25) is 0 Å². The lowest BCUT2D eigenvalue weighted by atomic mass is 10.0. The predicted octanol–water partition coefficient (Wildman–Crippen LogP) is 3.18. The monoisotopic (exact) mass is 162 g/mol. The molecule has 2 fully saturated rings. The fourth-order valence-electron chi connectivity index (χ4n) is 2.90. The standard InChI is InChI=1S/C11H14O/c1-2-5-9-8(4-1)11(9)10-6-3-7-12-10/h3,6-9,11H,1-2,4-5H2/t8-,9+,11?. The van der Waals surface area contributed by atoms with E-state index in [0.717, 1.165) is 17.8 Å².